The lowest BCUT2D eigenvalue weighted by Gasteiger charge is -2.25. The lowest BCUT2D eigenvalue weighted by molar-refractivity contribution is -0.134. The molecule has 1 aliphatic heterocycles. The van der Waals surface area contributed by atoms with Gasteiger partial charge in [0.15, 0.2) is 5.75 Å². The normalized spacial score (nSPS) is 22.2. The minimum absolute atomic E-state index is 0.216. The number of carboxylic acids is 1. The maximum absolute atomic E-state index is 11.7. The Kier molecular flexibility index (Phi) is 4.91. The van der Waals surface area contributed by atoms with Crippen molar-refractivity contribution in [2.24, 2.45) is 0 Å². The molecule has 1 heterocycles. The first-order valence-corrected chi connectivity index (χ1v) is 7.45. The van der Waals surface area contributed by atoms with Crippen LogP contribution in [-0.2, 0) is 14.8 Å². The van der Waals surface area contributed by atoms with Gasteiger partial charge in [0.25, 0.3) is 0 Å². The number of hydrogen-bond acceptors (Lipinski definition) is 4. The van der Waals surface area contributed by atoms with Gasteiger partial charge >= 0.3 is 5.97 Å². The van der Waals surface area contributed by atoms with Crippen LogP contribution in [-0.4, -0.2) is 66.7 Å². The summed E-state index contributed by atoms with van der Waals surface area (Å²) in [6, 6.07) is 0.216. The molecule has 17 heavy (non-hydrogen) atoms. The molecule has 100 valence electrons. The van der Waals surface area contributed by atoms with Crippen LogP contribution in [0.25, 0.3) is 0 Å². The van der Waals surface area contributed by atoms with Crippen molar-refractivity contribution in [3.63, 3.8) is 0 Å². The fraction of sp³-hybridized carbons (Fsp3) is 0.900. The quantitative estimate of drug-likeness (QED) is 0.720. The molecule has 0 bridgehead atoms. The smallest absolute Gasteiger partial charge is 0.320 e. The lowest BCUT2D eigenvalue weighted by Crippen LogP contribution is -2.39. The number of hydrogen-bond donors (Lipinski definition) is 1. The molecule has 0 aliphatic carbocycles. The summed E-state index contributed by atoms with van der Waals surface area (Å²) < 4.78 is 24.7. The first-order valence-electron chi connectivity index (χ1n) is 5.84. The molecular weight excluding hydrogens is 244 g/mol. The van der Waals surface area contributed by atoms with Crippen molar-refractivity contribution in [3.05, 3.63) is 0 Å². The first-order chi connectivity index (χ1) is 7.90. The molecule has 6 nitrogen and oxygen atoms in total. The van der Waals surface area contributed by atoms with Gasteiger partial charge in [-0.1, -0.05) is 13.8 Å². The van der Waals surface area contributed by atoms with E-state index in [1.165, 1.54) is 4.31 Å². The van der Waals surface area contributed by atoms with Crippen molar-refractivity contribution < 1.29 is 18.3 Å². The summed E-state index contributed by atoms with van der Waals surface area (Å²) in [5.74, 6) is -2.10. The molecule has 1 N–H and O–H groups in total. The molecule has 1 saturated heterocycles. The van der Waals surface area contributed by atoms with Crippen molar-refractivity contribution in [2.75, 3.05) is 31.9 Å². The highest BCUT2D eigenvalue weighted by molar-refractivity contribution is 7.89. The minimum atomic E-state index is -3.64. The van der Waals surface area contributed by atoms with Gasteiger partial charge in [-0.2, -0.15) is 4.31 Å². The van der Waals surface area contributed by atoms with Gasteiger partial charge in [-0.05, 0) is 19.5 Å². The van der Waals surface area contributed by atoms with Crippen molar-refractivity contribution in [1.29, 1.82) is 0 Å². The number of carbonyl (C=O) groups is 1. The summed E-state index contributed by atoms with van der Waals surface area (Å²) in [6.07, 6.45) is 0.778. The van der Waals surface area contributed by atoms with E-state index in [2.05, 4.69) is 4.90 Å². The van der Waals surface area contributed by atoms with Crippen LogP contribution in [0.5, 0.6) is 0 Å². The Hall–Kier alpha value is -0.660. The second-order valence-electron chi connectivity index (χ2n) is 4.17. The highest BCUT2D eigenvalue weighted by atomic mass is 32.2. The zero-order valence-corrected chi connectivity index (χ0v) is 11.1. The van der Waals surface area contributed by atoms with Crippen LogP contribution in [0, 0.1) is 0 Å². The predicted molar refractivity (Wildman–Crippen MR) is 64.3 cm³/mol. The summed E-state index contributed by atoms with van der Waals surface area (Å²) in [5.41, 5.74) is 0. The Balaban J connectivity index is 2.64. The zero-order chi connectivity index (χ0) is 13.1. The van der Waals surface area contributed by atoms with Crippen LogP contribution >= 0.6 is 0 Å². The maximum atomic E-state index is 11.7. The monoisotopic (exact) mass is 264 g/mol. The average Bonchev–Trinajstić information content (AvgIpc) is 2.67. The zero-order valence-electron chi connectivity index (χ0n) is 10.3. The predicted octanol–water partition coefficient (Wildman–Crippen LogP) is -0.183. The Bertz CT molecular complexity index is 365. The molecule has 0 aromatic rings. The molecule has 0 aromatic heterocycles. The molecule has 0 aromatic carbocycles. The van der Waals surface area contributed by atoms with Gasteiger partial charge < -0.3 is 5.11 Å². The summed E-state index contributed by atoms with van der Waals surface area (Å²) in [6.45, 7) is 6.69. The average molecular weight is 264 g/mol. The molecular formula is C10H20N2O4S. The molecule has 1 rings (SSSR count). The summed E-state index contributed by atoms with van der Waals surface area (Å²) >= 11 is 0. The van der Waals surface area contributed by atoms with Crippen LogP contribution in [0.1, 0.15) is 20.3 Å². The molecule has 1 unspecified atom stereocenters. The lowest BCUT2D eigenvalue weighted by atomic mass is 10.2. The highest BCUT2D eigenvalue weighted by Crippen LogP contribution is 2.18. The number of nitrogens with zero attached hydrogens (tertiary/aromatic N) is 2. The van der Waals surface area contributed by atoms with Gasteiger partial charge in [-0.15, -0.1) is 0 Å². The molecule has 1 fully saturated rings. The van der Waals surface area contributed by atoms with E-state index >= 15 is 0 Å². The fourth-order valence-electron chi connectivity index (χ4n) is 2.25. The fourth-order valence-corrected chi connectivity index (χ4v) is 3.53. The molecule has 0 spiro atoms. The van der Waals surface area contributed by atoms with Crippen molar-refractivity contribution in [2.45, 2.75) is 26.3 Å². The number of rotatable bonds is 6. The number of sulfonamides is 1. The van der Waals surface area contributed by atoms with Gasteiger partial charge in [0.05, 0.1) is 0 Å². The number of aliphatic carboxylic acids is 1. The van der Waals surface area contributed by atoms with E-state index in [-0.39, 0.29) is 6.04 Å². The SMILES string of the molecule is CCN(CC)C1CCN(S(=O)(=O)CC(=O)O)C1. The Morgan fingerprint density at radius 2 is 2.00 bits per heavy atom. The topological polar surface area (TPSA) is 77.9 Å². The van der Waals surface area contributed by atoms with Gasteiger partial charge in [0, 0.05) is 19.1 Å². The number of carboxylic acid groups (broad SMARTS) is 1. The van der Waals surface area contributed by atoms with E-state index in [4.69, 9.17) is 5.11 Å². The van der Waals surface area contributed by atoms with E-state index < -0.39 is 21.7 Å². The maximum Gasteiger partial charge on any atom is 0.320 e. The van der Waals surface area contributed by atoms with Gasteiger partial charge in [-0.3, -0.25) is 9.69 Å². The largest absolute Gasteiger partial charge is 0.480 e. The van der Waals surface area contributed by atoms with Gasteiger partial charge in [0.1, 0.15) is 0 Å². The van der Waals surface area contributed by atoms with Crippen molar-refractivity contribution in [3.8, 4) is 0 Å². The first kappa shape index (κ1) is 14.4. The van der Waals surface area contributed by atoms with Crippen LogP contribution in [0.4, 0.5) is 0 Å². The highest BCUT2D eigenvalue weighted by Gasteiger charge is 2.34. The van der Waals surface area contributed by atoms with E-state index in [9.17, 15) is 13.2 Å². The molecule has 1 aliphatic rings. The molecule has 0 saturated carbocycles. The van der Waals surface area contributed by atoms with Crippen LogP contribution in [0.2, 0.25) is 0 Å². The summed E-state index contributed by atoms with van der Waals surface area (Å²) in [5, 5.41) is 8.56. The van der Waals surface area contributed by atoms with Gasteiger partial charge in [0.2, 0.25) is 10.0 Å². The third kappa shape index (κ3) is 3.65. The van der Waals surface area contributed by atoms with E-state index in [1.54, 1.807) is 0 Å². The van der Waals surface area contributed by atoms with Crippen molar-refractivity contribution >= 4 is 16.0 Å². The molecule has 7 heteroatoms. The number of likely N-dealkylation sites (N-methyl/N-ethyl adjacent to an activating group) is 1. The minimum Gasteiger partial charge on any atom is -0.480 e. The standard InChI is InChI=1S/C10H20N2O4S/c1-3-11(4-2)9-5-6-12(7-9)17(15,16)8-10(13)14/h9H,3-8H2,1-2H3,(H,13,14). The van der Waals surface area contributed by atoms with Gasteiger partial charge in [-0.25, -0.2) is 8.42 Å². The van der Waals surface area contributed by atoms with E-state index in [1.807, 2.05) is 13.8 Å². The van der Waals surface area contributed by atoms with E-state index in [0.717, 1.165) is 19.5 Å². The second-order valence-corrected chi connectivity index (χ2v) is 6.14. The molecule has 1 atom stereocenters. The van der Waals surface area contributed by atoms with Crippen LogP contribution in [0.15, 0.2) is 0 Å². The summed E-state index contributed by atoms with van der Waals surface area (Å²) in [4.78, 5) is 12.7. The van der Waals surface area contributed by atoms with Crippen LogP contribution in [0.3, 0.4) is 0 Å². The van der Waals surface area contributed by atoms with Crippen molar-refractivity contribution in [1.82, 2.24) is 9.21 Å². The van der Waals surface area contributed by atoms with Crippen LogP contribution < -0.4 is 0 Å². The van der Waals surface area contributed by atoms with E-state index in [0.29, 0.717) is 13.1 Å². The third-order valence-corrected chi connectivity index (χ3v) is 4.88. The molecule has 0 radical (unpaired) electrons. The molecule has 0 amide bonds. The third-order valence-electron chi connectivity index (χ3n) is 3.15. The summed E-state index contributed by atoms with van der Waals surface area (Å²) in [7, 11) is -3.64. The Labute approximate surface area is 102 Å². The Morgan fingerprint density at radius 1 is 1.41 bits per heavy atom. The second kappa shape index (κ2) is 5.79. The Morgan fingerprint density at radius 3 is 2.47 bits per heavy atom.